The van der Waals surface area contributed by atoms with Crippen LogP contribution in [0.3, 0.4) is 0 Å². The first-order valence-electron chi connectivity index (χ1n) is 10.5. The van der Waals surface area contributed by atoms with E-state index < -0.39 is 10.0 Å². The molecule has 0 aromatic heterocycles. The van der Waals surface area contributed by atoms with Gasteiger partial charge in [-0.2, -0.15) is 4.31 Å². The summed E-state index contributed by atoms with van der Waals surface area (Å²) in [6.45, 7) is 7.19. The summed E-state index contributed by atoms with van der Waals surface area (Å²) in [5.41, 5.74) is 0. The molecule has 2 saturated heterocycles. The van der Waals surface area contributed by atoms with Crippen molar-refractivity contribution in [1.29, 1.82) is 0 Å². The Labute approximate surface area is 169 Å². The maximum Gasteiger partial charge on any atom is 0.243 e. The molecule has 2 aliphatic rings. The predicted molar refractivity (Wildman–Crippen MR) is 110 cm³/mol. The van der Waals surface area contributed by atoms with E-state index in [0.717, 1.165) is 18.9 Å². The van der Waals surface area contributed by atoms with Crippen LogP contribution in [0.1, 0.15) is 39.0 Å². The molecule has 2 aliphatic heterocycles. The van der Waals surface area contributed by atoms with Gasteiger partial charge in [-0.1, -0.05) is 25.1 Å². The zero-order chi connectivity index (χ0) is 20.0. The van der Waals surface area contributed by atoms with Gasteiger partial charge in [-0.3, -0.25) is 4.79 Å². The molecule has 2 heterocycles. The highest BCUT2D eigenvalue weighted by Gasteiger charge is 2.31. The number of nitrogens with one attached hydrogen (secondary N) is 1. The van der Waals surface area contributed by atoms with E-state index in [2.05, 4.69) is 17.1 Å². The third kappa shape index (κ3) is 5.55. The molecule has 1 aromatic rings. The monoisotopic (exact) mass is 407 g/mol. The van der Waals surface area contributed by atoms with E-state index in [4.69, 9.17) is 0 Å². The van der Waals surface area contributed by atoms with Crippen LogP contribution < -0.4 is 5.32 Å². The van der Waals surface area contributed by atoms with Gasteiger partial charge in [-0.05, 0) is 63.2 Å². The van der Waals surface area contributed by atoms with Crippen molar-refractivity contribution in [3.8, 4) is 0 Å². The molecule has 28 heavy (non-hydrogen) atoms. The Hall–Kier alpha value is -1.44. The number of nitrogens with zero attached hydrogens (tertiary/aromatic N) is 2. The Bertz CT molecular complexity index is 731. The summed E-state index contributed by atoms with van der Waals surface area (Å²) in [4.78, 5) is 15.3. The van der Waals surface area contributed by atoms with Crippen molar-refractivity contribution in [2.24, 2.45) is 11.8 Å². The van der Waals surface area contributed by atoms with E-state index in [9.17, 15) is 13.2 Å². The first-order valence-corrected chi connectivity index (χ1v) is 12.0. The number of carbonyl (C=O) groups excluding carboxylic acids is 1. The number of rotatable bonds is 7. The van der Waals surface area contributed by atoms with Crippen molar-refractivity contribution in [2.45, 2.75) is 43.9 Å². The van der Waals surface area contributed by atoms with E-state index >= 15 is 0 Å². The second-order valence-corrected chi connectivity index (χ2v) is 10.1. The van der Waals surface area contributed by atoms with Crippen LogP contribution in [-0.4, -0.2) is 62.8 Å². The van der Waals surface area contributed by atoms with Crippen molar-refractivity contribution >= 4 is 15.9 Å². The molecular formula is C21H33N3O3S. The van der Waals surface area contributed by atoms with Gasteiger partial charge in [0.1, 0.15) is 0 Å². The van der Waals surface area contributed by atoms with Crippen molar-refractivity contribution in [2.75, 3.05) is 39.3 Å². The topological polar surface area (TPSA) is 69.7 Å². The van der Waals surface area contributed by atoms with Gasteiger partial charge < -0.3 is 10.2 Å². The largest absolute Gasteiger partial charge is 0.356 e. The third-order valence-corrected chi connectivity index (χ3v) is 7.81. The number of hydrogen-bond acceptors (Lipinski definition) is 4. The van der Waals surface area contributed by atoms with Crippen LogP contribution in [0.4, 0.5) is 0 Å². The maximum atomic E-state index is 12.7. The molecular weight excluding hydrogens is 374 g/mol. The molecule has 156 valence electrons. The predicted octanol–water partition coefficient (Wildman–Crippen LogP) is 2.33. The second-order valence-electron chi connectivity index (χ2n) is 8.18. The van der Waals surface area contributed by atoms with Gasteiger partial charge in [-0.15, -0.1) is 0 Å². The molecule has 1 aromatic carbocycles. The summed E-state index contributed by atoms with van der Waals surface area (Å²) in [5.74, 6) is 0.765. The standard InChI is InChI=1S/C21H33N3O3S/c1-18-7-5-13-23(17-18)14-6-12-22-21(25)19-10-15-24(16-11-19)28(26,27)20-8-3-2-4-9-20/h2-4,8-9,18-19H,5-7,10-17H2,1H3,(H,22,25)/t18-/m0/s1. The summed E-state index contributed by atoms with van der Waals surface area (Å²) in [5, 5.41) is 3.05. The fourth-order valence-electron chi connectivity index (χ4n) is 4.25. The molecule has 1 atom stereocenters. The van der Waals surface area contributed by atoms with Gasteiger partial charge in [0.25, 0.3) is 0 Å². The molecule has 0 saturated carbocycles. The zero-order valence-corrected chi connectivity index (χ0v) is 17.7. The average Bonchev–Trinajstić information content (AvgIpc) is 2.72. The normalized spacial score (nSPS) is 22.8. The van der Waals surface area contributed by atoms with Crippen molar-refractivity contribution in [3.05, 3.63) is 30.3 Å². The minimum atomic E-state index is -3.45. The lowest BCUT2D eigenvalue weighted by Gasteiger charge is -2.31. The van der Waals surface area contributed by atoms with Crippen LogP contribution >= 0.6 is 0 Å². The van der Waals surface area contributed by atoms with E-state index in [1.54, 1.807) is 30.3 Å². The number of hydrogen-bond donors (Lipinski definition) is 1. The highest BCUT2D eigenvalue weighted by molar-refractivity contribution is 7.89. The average molecular weight is 408 g/mol. The van der Waals surface area contributed by atoms with Gasteiger partial charge >= 0.3 is 0 Å². The molecule has 0 radical (unpaired) electrons. The SMILES string of the molecule is C[C@H]1CCCN(CCCNC(=O)C2CCN(S(=O)(=O)c3ccccc3)CC2)C1. The molecule has 0 unspecified atom stereocenters. The molecule has 7 heteroatoms. The lowest BCUT2D eigenvalue weighted by Crippen LogP contribution is -2.43. The molecule has 1 amide bonds. The van der Waals surface area contributed by atoms with Crippen LogP contribution in [0.25, 0.3) is 0 Å². The summed E-state index contributed by atoms with van der Waals surface area (Å²) < 4.78 is 26.8. The number of amides is 1. The van der Waals surface area contributed by atoms with E-state index in [1.807, 2.05) is 0 Å². The molecule has 0 spiro atoms. The summed E-state index contributed by atoms with van der Waals surface area (Å²) in [6.07, 6.45) is 4.74. The Morgan fingerprint density at radius 2 is 1.82 bits per heavy atom. The lowest BCUT2D eigenvalue weighted by molar-refractivity contribution is -0.126. The fraction of sp³-hybridized carbons (Fsp3) is 0.667. The summed E-state index contributed by atoms with van der Waals surface area (Å²) in [7, 11) is -3.45. The number of carbonyl (C=O) groups is 1. The summed E-state index contributed by atoms with van der Waals surface area (Å²) >= 11 is 0. The van der Waals surface area contributed by atoms with Crippen LogP contribution in [0.15, 0.2) is 35.2 Å². The molecule has 0 aliphatic carbocycles. The maximum absolute atomic E-state index is 12.7. The van der Waals surface area contributed by atoms with Crippen LogP contribution in [0.2, 0.25) is 0 Å². The van der Waals surface area contributed by atoms with Gasteiger partial charge in [0.2, 0.25) is 15.9 Å². The molecule has 6 nitrogen and oxygen atoms in total. The first-order chi connectivity index (χ1) is 13.5. The minimum Gasteiger partial charge on any atom is -0.356 e. The van der Waals surface area contributed by atoms with E-state index in [-0.39, 0.29) is 11.8 Å². The van der Waals surface area contributed by atoms with Crippen LogP contribution in [-0.2, 0) is 14.8 Å². The number of likely N-dealkylation sites (tertiary alicyclic amines) is 1. The van der Waals surface area contributed by atoms with Crippen LogP contribution in [0, 0.1) is 11.8 Å². The lowest BCUT2D eigenvalue weighted by atomic mass is 9.97. The van der Waals surface area contributed by atoms with E-state index in [0.29, 0.717) is 37.4 Å². The number of benzene rings is 1. The second kappa shape index (κ2) is 9.85. The molecule has 3 rings (SSSR count). The van der Waals surface area contributed by atoms with E-state index in [1.165, 1.54) is 30.2 Å². The summed E-state index contributed by atoms with van der Waals surface area (Å²) in [6, 6.07) is 8.52. The third-order valence-electron chi connectivity index (χ3n) is 5.90. The highest BCUT2D eigenvalue weighted by atomic mass is 32.2. The van der Waals surface area contributed by atoms with Crippen molar-refractivity contribution in [1.82, 2.24) is 14.5 Å². The number of sulfonamides is 1. The quantitative estimate of drug-likeness (QED) is 0.705. The van der Waals surface area contributed by atoms with Gasteiger partial charge in [0.15, 0.2) is 0 Å². The van der Waals surface area contributed by atoms with Crippen LogP contribution in [0.5, 0.6) is 0 Å². The Kier molecular flexibility index (Phi) is 7.48. The van der Waals surface area contributed by atoms with Gasteiger partial charge in [-0.25, -0.2) is 8.42 Å². The zero-order valence-electron chi connectivity index (χ0n) is 16.8. The Morgan fingerprint density at radius 1 is 1.11 bits per heavy atom. The minimum absolute atomic E-state index is 0.0729. The molecule has 0 bridgehead atoms. The highest BCUT2D eigenvalue weighted by Crippen LogP contribution is 2.24. The smallest absolute Gasteiger partial charge is 0.243 e. The van der Waals surface area contributed by atoms with Crippen molar-refractivity contribution in [3.63, 3.8) is 0 Å². The Balaban J connectivity index is 1.38. The van der Waals surface area contributed by atoms with Gasteiger partial charge in [0, 0.05) is 32.1 Å². The number of piperidine rings is 2. The first kappa shape index (κ1) is 21.3. The fourth-order valence-corrected chi connectivity index (χ4v) is 5.74. The van der Waals surface area contributed by atoms with Gasteiger partial charge in [0.05, 0.1) is 4.90 Å². The molecule has 2 fully saturated rings. The van der Waals surface area contributed by atoms with Crippen molar-refractivity contribution < 1.29 is 13.2 Å². The molecule has 1 N–H and O–H groups in total. The Morgan fingerprint density at radius 3 is 2.50 bits per heavy atom.